The van der Waals surface area contributed by atoms with E-state index in [0.717, 1.165) is 38.5 Å². The lowest BCUT2D eigenvalue weighted by molar-refractivity contribution is -0.142. The second kappa shape index (κ2) is 7.81. The Balaban J connectivity index is 1.74. The SMILES string of the molecule is CN(C(=O)NC1CCC(C(=O)O)CC1)C1CCC(CO)CC1. The molecule has 0 spiro atoms. The molecule has 2 aliphatic rings. The molecular weight excluding hydrogens is 284 g/mol. The first-order valence-electron chi connectivity index (χ1n) is 8.38. The highest BCUT2D eigenvalue weighted by Crippen LogP contribution is 2.27. The Morgan fingerprint density at radius 1 is 1.05 bits per heavy atom. The zero-order chi connectivity index (χ0) is 16.1. The highest BCUT2D eigenvalue weighted by molar-refractivity contribution is 5.74. The molecule has 6 nitrogen and oxygen atoms in total. The Bertz CT molecular complexity index is 386. The molecule has 0 radical (unpaired) electrons. The lowest BCUT2D eigenvalue weighted by Crippen LogP contribution is -2.49. The van der Waals surface area contributed by atoms with Crippen molar-refractivity contribution in [1.82, 2.24) is 10.2 Å². The van der Waals surface area contributed by atoms with Crippen LogP contribution in [-0.4, -0.2) is 52.9 Å². The van der Waals surface area contributed by atoms with Crippen molar-refractivity contribution in [3.63, 3.8) is 0 Å². The van der Waals surface area contributed by atoms with Gasteiger partial charge >= 0.3 is 12.0 Å². The van der Waals surface area contributed by atoms with Crippen LogP contribution < -0.4 is 5.32 Å². The van der Waals surface area contributed by atoms with E-state index in [9.17, 15) is 9.59 Å². The fourth-order valence-corrected chi connectivity index (χ4v) is 3.64. The van der Waals surface area contributed by atoms with Gasteiger partial charge in [0.05, 0.1) is 5.92 Å². The summed E-state index contributed by atoms with van der Waals surface area (Å²) in [7, 11) is 1.84. The molecule has 0 bridgehead atoms. The number of carboxylic acids is 1. The molecule has 0 heterocycles. The molecule has 0 saturated heterocycles. The number of aliphatic hydroxyl groups is 1. The van der Waals surface area contributed by atoms with Gasteiger partial charge in [0.2, 0.25) is 0 Å². The summed E-state index contributed by atoms with van der Waals surface area (Å²) in [5.74, 6) is -0.582. The van der Waals surface area contributed by atoms with Crippen molar-refractivity contribution in [2.75, 3.05) is 13.7 Å². The molecule has 0 aromatic carbocycles. The number of carbonyl (C=O) groups excluding carboxylic acids is 1. The van der Waals surface area contributed by atoms with E-state index >= 15 is 0 Å². The predicted molar refractivity (Wildman–Crippen MR) is 82.5 cm³/mol. The first-order valence-corrected chi connectivity index (χ1v) is 8.38. The number of urea groups is 1. The van der Waals surface area contributed by atoms with Crippen molar-refractivity contribution in [1.29, 1.82) is 0 Å². The van der Waals surface area contributed by atoms with Gasteiger partial charge in [0.15, 0.2) is 0 Å². The van der Waals surface area contributed by atoms with Crippen LogP contribution in [0.2, 0.25) is 0 Å². The third kappa shape index (κ3) is 4.35. The van der Waals surface area contributed by atoms with E-state index in [2.05, 4.69) is 5.32 Å². The van der Waals surface area contributed by atoms with E-state index in [1.807, 2.05) is 7.05 Å². The first kappa shape index (κ1) is 17.1. The molecule has 6 heteroatoms. The van der Waals surface area contributed by atoms with Crippen LogP contribution >= 0.6 is 0 Å². The number of rotatable bonds is 4. The topological polar surface area (TPSA) is 89.9 Å². The third-order valence-electron chi connectivity index (χ3n) is 5.35. The Hall–Kier alpha value is -1.30. The molecule has 2 rings (SSSR count). The van der Waals surface area contributed by atoms with Gasteiger partial charge in [0.1, 0.15) is 0 Å². The zero-order valence-electron chi connectivity index (χ0n) is 13.3. The number of carbonyl (C=O) groups is 2. The summed E-state index contributed by atoms with van der Waals surface area (Å²) in [4.78, 5) is 25.1. The van der Waals surface area contributed by atoms with Crippen LogP contribution in [-0.2, 0) is 4.79 Å². The van der Waals surface area contributed by atoms with Crippen molar-refractivity contribution >= 4 is 12.0 Å². The number of nitrogens with one attached hydrogen (secondary N) is 1. The minimum atomic E-state index is -0.720. The minimum absolute atomic E-state index is 0.0498. The monoisotopic (exact) mass is 312 g/mol. The first-order chi connectivity index (χ1) is 10.5. The lowest BCUT2D eigenvalue weighted by Gasteiger charge is -2.35. The van der Waals surface area contributed by atoms with E-state index in [4.69, 9.17) is 10.2 Å². The van der Waals surface area contributed by atoms with Gasteiger partial charge in [0, 0.05) is 25.7 Å². The predicted octanol–water partition coefficient (Wildman–Crippen LogP) is 1.82. The molecule has 2 saturated carbocycles. The maximum atomic E-state index is 12.3. The van der Waals surface area contributed by atoms with Gasteiger partial charge in [-0.1, -0.05) is 0 Å². The van der Waals surface area contributed by atoms with Gasteiger partial charge in [-0.25, -0.2) is 4.79 Å². The number of nitrogens with zero attached hydrogens (tertiary/aromatic N) is 1. The summed E-state index contributed by atoms with van der Waals surface area (Å²) in [5.41, 5.74) is 0. The summed E-state index contributed by atoms with van der Waals surface area (Å²) < 4.78 is 0. The highest BCUT2D eigenvalue weighted by Gasteiger charge is 2.30. The summed E-state index contributed by atoms with van der Waals surface area (Å²) in [6.07, 6.45) is 6.62. The number of hydrogen-bond acceptors (Lipinski definition) is 3. The number of hydrogen-bond donors (Lipinski definition) is 3. The van der Waals surface area contributed by atoms with Crippen molar-refractivity contribution in [2.45, 2.75) is 63.5 Å². The van der Waals surface area contributed by atoms with E-state index < -0.39 is 5.97 Å². The second-order valence-electron chi connectivity index (χ2n) is 6.80. The summed E-state index contributed by atoms with van der Waals surface area (Å²) >= 11 is 0. The van der Waals surface area contributed by atoms with E-state index in [1.54, 1.807) is 4.90 Å². The molecular formula is C16H28N2O4. The van der Waals surface area contributed by atoms with Gasteiger partial charge < -0.3 is 20.4 Å². The normalized spacial score (nSPS) is 32.3. The third-order valence-corrected chi connectivity index (χ3v) is 5.35. The molecule has 0 aromatic rings. The van der Waals surface area contributed by atoms with Crippen molar-refractivity contribution < 1.29 is 19.8 Å². The molecule has 0 unspecified atom stereocenters. The summed E-state index contributed by atoms with van der Waals surface area (Å²) in [5, 5.41) is 21.2. The number of amides is 2. The quantitative estimate of drug-likeness (QED) is 0.738. The zero-order valence-corrected chi connectivity index (χ0v) is 13.3. The van der Waals surface area contributed by atoms with Gasteiger partial charge in [0.25, 0.3) is 0 Å². The summed E-state index contributed by atoms with van der Waals surface area (Å²) in [6, 6.07) is 0.295. The molecule has 0 aliphatic heterocycles. The number of aliphatic carboxylic acids is 1. The number of aliphatic hydroxyl groups excluding tert-OH is 1. The van der Waals surface area contributed by atoms with Crippen molar-refractivity contribution in [2.24, 2.45) is 11.8 Å². The maximum Gasteiger partial charge on any atom is 0.317 e. The minimum Gasteiger partial charge on any atom is -0.481 e. The van der Waals surface area contributed by atoms with Crippen molar-refractivity contribution in [3.05, 3.63) is 0 Å². The van der Waals surface area contributed by atoms with Gasteiger partial charge in [-0.3, -0.25) is 4.79 Å². The van der Waals surface area contributed by atoms with Gasteiger partial charge in [-0.05, 0) is 57.3 Å². The lowest BCUT2D eigenvalue weighted by atomic mass is 9.85. The Kier molecular flexibility index (Phi) is 6.06. The van der Waals surface area contributed by atoms with Crippen LogP contribution in [0.15, 0.2) is 0 Å². The molecule has 0 atom stereocenters. The molecule has 2 amide bonds. The van der Waals surface area contributed by atoms with Crippen molar-refractivity contribution in [3.8, 4) is 0 Å². The average molecular weight is 312 g/mol. The van der Waals surface area contributed by atoms with Crippen LogP contribution in [0.1, 0.15) is 51.4 Å². The van der Waals surface area contributed by atoms with E-state index in [1.165, 1.54) is 0 Å². The molecule has 22 heavy (non-hydrogen) atoms. The number of carboxylic acid groups (broad SMARTS) is 1. The van der Waals surface area contributed by atoms with E-state index in [-0.39, 0.29) is 30.6 Å². The fraction of sp³-hybridized carbons (Fsp3) is 0.875. The fourth-order valence-electron chi connectivity index (χ4n) is 3.64. The summed E-state index contributed by atoms with van der Waals surface area (Å²) in [6.45, 7) is 0.245. The standard InChI is InChI=1S/C16H28N2O4/c1-18(14-8-2-11(10-19)3-9-14)16(22)17-13-6-4-12(5-7-13)15(20)21/h11-14,19H,2-10H2,1H3,(H,17,22)(H,20,21). The second-order valence-corrected chi connectivity index (χ2v) is 6.80. The average Bonchev–Trinajstić information content (AvgIpc) is 2.54. The Morgan fingerprint density at radius 3 is 2.14 bits per heavy atom. The smallest absolute Gasteiger partial charge is 0.317 e. The highest BCUT2D eigenvalue weighted by atomic mass is 16.4. The Morgan fingerprint density at radius 2 is 1.64 bits per heavy atom. The van der Waals surface area contributed by atoms with Crippen LogP contribution in [0.5, 0.6) is 0 Å². The molecule has 126 valence electrons. The Labute approximate surface area is 131 Å². The molecule has 2 fully saturated rings. The van der Waals surface area contributed by atoms with Gasteiger partial charge in [-0.2, -0.15) is 0 Å². The van der Waals surface area contributed by atoms with Crippen LogP contribution in [0.25, 0.3) is 0 Å². The van der Waals surface area contributed by atoms with Crippen LogP contribution in [0.4, 0.5) is 4.79 Å². The van der Waals surface area contributed by atoms with Gasteiger partial charge in [-0.15, -0.1) is 0 Å². The molecule has 3 N–H and O–H groups in total. The maximum absolute atomic E-state index is 12.3. The van der Waals surface area contributed by atoms with Crippen LogP contribution in [0.3, 0.4) is 0 Å². The van der Waals surface area contributed by atoms with E-state index in [0.29, 0.717) is 18.8 Å². The van der Waals surface area contributed by atoms with Crippen LogP contribution in [0, 0.1) is 11.8 Å². The largest absolute Gasteiger partial charge is 0.481 e. The molecule has 0 aromatic heterocycles. The molecule has 2 aliphatic carbocycles.